The molecule has 162 valence electrons. The molecule has 0 saturated carbocycles. The number of rotatable bonds is 6. The van der Waals surface area contributed by atoms with Crippen LogP contribution in [0.2, 0.25) is 0 Å². The lowest BCUT2D eigenvalue weighted by atomic mass is 10.0. The van der Waals surface area contributed by atoms with E-state index in [-0.39, 0.29) is 23.8 Å². The number of carbonyl (C=O) groups excluding carboxylic acids is 1. The summed E-state index contributed by atoms with van der Waals surface area (Å²) >= 11 is 0. The number of ether oxygens (including phenoxy) is 4. The Morgan fingerprint density at radius 1 is 1.00 bits per heavy atom. The molecule has 1 amide bonds. The van der Waals surface area contributed by atoms with Gasteiger partial charge < -0.3 is 23.8 Å². The third-order valence-electron chi connectivity index (χ3n) is 4.68. The zero-order valence-corrected chi connectivity index (χ0v) is 16.6. The third kappa shape index (κ3) is 5.15. The minimum absolute atomic E-state index is 0.0452. The average molecular weight is 425 g/mol. The molecular weight excluding hydrogens is 403 g/mol. The van der Waals surface area contributed by atoms with E-state index < -0.39 is 11.7 Å². The second-order valence-electron chi connectivity index (χ2n) is 6.60. The molecule has 0 aliphatic carbocycles. The highest BCUT2D eigenvalue weighted by molar-refractivity contribution is 5.78. The van der Waals surface area contributed by atoms with E-state index in [1.165, 1.54) is 20.3 Å². The Bertz CT molecular complexity index is 895. The molecule has 1 aliphatic heterocycles. The molecule has 0 atom stereocenters. The van der Waals surface area contributed by atoms with Crippen molar-refractivity contribution in [2.75, 3.05) is 47.1 Å². The number of hydrogen-bond donors (Lipinski definition) is 0. The van der Waals surface area contributed by atoms with Crippen LogP contribution in [0, 0.1) is 0 Å². The van der Waals surface area contributed by atoms with E-state index in [1.54, 1.807) is 23.1 Å². The quantitative estimate of drug-likeness (QED) is 0.708. The molecule has 0 radical (unpaired) electrons. The van der Waals surface area contributed by atoms with Crippen LogP contribution in [0.1, 0.15) is 5.56 Å². The highest BCUT2D eigenvalue weighted by Crippen LogP contribution is 2.38. The summed E-state index contributed by atoms with van der Waals surface area (Å²) in [5, 5.41) is 0. The van der Waals surface area contributed by atoms with Crippen LogP contribution < -0.4 is 14.2 Å². The lowest BCUT2D eigenvalue weighted by molar-refractivity contribution is -0.137. The number of alkyl halides is 3. The van der Waals surface area contributed by atoms with E-state index in [2.05, 4.69) is 0 Å². The second-order valence-corrected chi connectivity index (χ2v) is 6.60. The van der Waals surface area contributed by atoms with Crippen LogP contribution in [-0.2, 0) is 15.7 Å². The summed E-state index contributed by atoms with van der Waals surface area (Å²) in [7, 11) is 2.92. The van der Waals surface area contributed by atoms with Gasteiger partial charge in [0.25, 0.3) is 5.91 Å². The summed E-state index contributed by atoms with van der Waals surface area (Å²) in [5.74, 6) is 0.498. The van der Waals surface area contributed by atoms with Crippen LogP contribution in [0.5, 0.6) is 17.2 Å². The smallest absolute Gasteiger partial charge is 0.416 e. The molecule has 0 unspecified atom stereocenters. The summed E-state index contributed by atoms with van der Waals surface area (Å²) in [4.78, 5) is 13.8. The molecule has 1 saturated heterocycles. The number of nitrogens with zero attached hydrogens (tertiary/aromatic N) is 1. The normalized spacial score (nSPS) is 14.4. The maximum Gasteiger partial charge on any atom is 0.416 e. The van der Waals surface area contributed by atoms with Crippen molar-refractivity contribution < 1.29 is 36.9 Å². The first-order chi connectivity index (χ1) is 14.3. The van der Waals surface area contributed by atoms with E-state index in [0.29, 0.717) is 43.4 Å². The van der Waals surface area contributed by atoms with Crippen molar-refractivity contribution >= 4 is 5.91 Å². The Morgan fingerprint density at radius 2 is 1.70 bits per heavy atom. The van der Waals surface area contributed by atoms with Crippen molar-refractivity contribution in [1.82, 2.24) is 4.90 Å². The second kappa shape index (κ2) is 9.25. The predicted octanol–water partition coefficient (Wildman–Crippen LogP) is 3.63. The molecule has 2 aromatic rings. The van der Waals surface area contributed by atoms with Crippen molar-refractivity contribution in [3.05, 3.63) is 42.0 Å². The van der Waals surface area contributed by atoms with Gasteiger partial charge in [0.1, 0.15) is 5.75 Å². The highest BCUT2D eigenvalue weighted by Gasteiger charge is 2.32. The number of morpholine rings is 1. The van der Waals surface area contributed by atoms with Crippen molar-refractivity contribution in [3.63, 3.8) is 0 Å². The zero-order chi connectivity index (χ0) is 21.7. The molecule has 1 heterocycles. The van der Waals surface area contributed by atoms with Gasteiger partial charge in [0.05, 0.1) is 33.0 Å². The lowest BCUT2D eigenvalue weighted by Gasteiger charge is -2.26. The molecule has 9 heteroatoms. The molecule has 0 spiro atoms. The highest BCUT2D eigenvalue weighted by atomic mass is 19.4. The summed E-state index contributed by atoms with van der Waals surface area (Å²) < 4.78 is 61.3. The van der Waals surface area contributed by atoms with E-state index in [1.807, 2.05) is 0 Å². The molecule has 3 rings (SSSR count). The molecule has 0 N–H and O–H groups in total. The Balaban J connectivity index is 1.88. The molecule has 30 heavy (non-hydrogen) atoms. The number of halogens is 3. The minimum atomic E-state index is -4.57. The molecular formula is C21H22F3NO5. The standard InChI is InChI=1S/C21H22F3NO5/c1-27-18-4-3-14(11-19(18)28-2)15-9-16(21(22,23)24)12-17(10-15)30-13-20(26)25-5-7-29-8-6-25/h3-4,9-12H,5-8,13H2,1-2H3. The van der Waals surface area contributed by atoms with Gasteiger partial charge in [-0.2, -0.15) is 13.2 Å². The summed E-state index contributed by atoms with van der Waals surface area (Å²) in [6.45, 7) is 1.37. The van der Waals surface area contributed by atoms with Gasteiger partial charge in [0, 0.05) is 13.1 Å². The van der Waals surface area contributed by atoms with Gasteiger partial charge in [-0.3, -0.25) is 4.79 Å². The molecule has 6 nitrogen and oxygen atoms in total. The summed E-state index contributed by atoms with van der Waals surface area (Å²) in [6, 6.07) is 8.19. The molecule has 0 bridgehead atoms. The molecule has 1 fully saturated rings. The van der Waals surface area contributed by atoms with E-state index in [4.69, 9.17) is 18.9 Å². The van der Waals surface area contributed by atoms with Gasteiger partial charge in [-0.05, 0) is 41.5 Å². The van der Waals surface area contributed by atoms with Crippen molar-refractivity contribution in [1.29, 1.82) is 0 Å². The topological polar surface area (TPSA) is 57.2 Å². The minimum Gasteiger partial charge on any atom is -0.493 e. The summed E-state index contributed by atoms with van der Waals surface area (Å²) in [5.41, 5.74) is -0.105. The lowest BCUT2D eigenvalue weighted by Crippen LogP contribution is -2.42. The van der Waals surface area contributed by atoms with Crippen molar-refractivity contribution in [2.45, 2.75) is 6.18 Å². The largest absolute Gasteiger partial charge is 0.493 e. The van der Waals surface area contributed by atoms with Crippen LogP contribution >= 0.6 is 0 Å². The van der Waals surface area contributed by atoms with Crippen LogP contribution in [0.15, 0.2) is 36.4 Å². The Hall–Kier alpha value is -2.94. The molecule has 1 aliphatic rings. The monoisotopic (exact) mass is 425 g/mol. The van der Waals surface area contributed by atoms with Gasteiger partial charge in [-0.15, -0.1) is 0 Å². The number of benzene rings is 2. The van der Waals surface area contributed by atoms with Crippen molar-refractivity contribution in [3.8, 4) is 28.4 Å². The summed E-state index contributed by atoms with van der Waals surface area (Å²) in [6.07, 6.45) is -4.57. The first-order valence-electron chi connectivity index (χ1n) is 9.25. The zero-order valence-electron chi connectivity index (χ0n) is 16.6. The number of carbonyl (C=O) groups is 1. The Morgan fingerprint density at radius 3 is 2.33 bits per heavy atom. The Labute approximate surface area is 172 Å². The van der Waals surface area contributed by atoms with Gasteiger partial charge >= 0.3 is 6.18 Å². The fourth-order valence-corrected chi connectivity index (χ4v) is 3.08. The predicted molar refractivity (Wildman–Crippen MR) is 103 cm³/mol. The van der Waals surface area contributed by atoms with Gasteiger partial charge in [-0.1, -0.05) is 6.07 Å². The third-order valence-corrected chi connectivity index (χ3v) is 4.68. The first-order valence-corrected chi connectivity index (χ1v) is 9.25. The maximum atomic E-state index is 13.4. The van der Waals surface area contributed by atoms with Crippen LogP contribution in [0.25, 0.3) is 11.1 Å². The number of hydrogen-bond acceptors (Lipinski definition) is 5. The van der Waals surface area contributed by atoms with Gasteiger partial charge in [0.15, 0.2) is 18.1 Å². The van der Waals surface area contributed by atoms with E-state index in [9.17, 15) is 18.0 Å². The fourth-order valence-electron chi connectivity index (χ4n) is 3.08. The molecule has 0 aromatic heterocycles. The van der Waals surface area contributed by atoms with Gasteiger partial charge in [-0.25, -0.2) is 0 Å². The number of amides is 1. The average Bonchev–Trinajstić information content (AvgIpc) is 2.76. The van der Waals surface area contributed by atoms with Crippen molar-refractivity contribution in [2.24, 2.45) is 0 Å². The van der Waals surface area contributed by atoms with Gasteiger partial charge in [0.2, 0.25) is 0 Å². The van der Waals surface area contributed by atoms with Crippen LogP contribution in [0.4, 0.5) is 13.2 Å². The van der Waals surface area contributed by atoms with E-state index >= 15 is 0 Å². The van der Waals surface area contributed by atoms with E-state index in [0.717, 1.165) is 12.1 Å². The SMILES string of the molecule is COc1ccc(-c2cc(OCC(=O)N3CCOCC3)cc(C(F)(F)F)c2)cc1OC. The maximum absolute atomic E-state index is 13.4. The number of methoxy groups -OCH3 is 2. The fraction of sp³-hybridized carbons (Fsp3) is 0.381. The Kier molecular flexibility index (Phi) is 6.71. The van der Waals surface area contributed by atoms with Crippen LogP contribution in [0.3, 0.4) is 0 Å². The first kappa shape index (κ1) is 21.8. The molecule has 2 aromatic carbocycles. The van der Waals surface area contributed by atoms with Crippen LogP contribution in [-0.4, -0.2) is 57.9 Å².